The second-order valence-electron chi connectivity index (χ2n) is 32.6. The first-order chi connectivity index (χ1) is 58.0. The second-order valence-corrected chi connectivity index (χ2v) is 32.6. The molecule has 0 bridgehead atoms. The molecule has 25 rings (SSSR count). The minimum Gasteiger partial charge on any atom is -0.481 e. The van der Waals surface area contributed by atoms with E-state index in [2.05, 4.69) is 112 Å². The van der Waals surface area contributed by atoms with Gasteiger partial charge in [0.2, 0.25) is 0 Å². The molecule has 0 amide bonds. The highest BCUT2D eigenvalue weighted by Gasteiger charge is 2.41. The van der Waals surface area contributed by atoms with Gasteiger partial charge in [0.25, 0.3) is 0 Å². The lowest BCUT2D eigenvalue weighted by Gasteiger charge is -2.31. The van der Waals surface area contributed by atoms with Crippen LogP contribution in [0, 0.1) is 11.8 Å². The normalized spacial score (nSPS) is 18.7. The van der Waals surface area contributed by atoms with Gasteiger partial charge in [0, 0.05) is 215 Å². The van der Waals surface area contributed by atoms with Crippen molar-refractivity contribution < 1.29 is 58.7 Å². The number of para-hydroxylation sites is 8. The summed E-state index contributed by atoms with van der Waals surface area (Å²) in [6.45, 7) is 2.07. The zero-order valence-corrected chi connectivity index (χ0v) is 66.1. The van der Waals surface area contributed by atoms with Gasteiger partial charge in [0.15, 0.2) is 17.4 Å². The number of Topliss-reactive ketones (excluding diaryl/α,β-unsaturated/α-hetero) is 3. The Balaban J connectivity index is 0.0000000936. The molecule has 0 radical (unpaired) electrons. The molecular formula is C98H95N9O12. The van der Waals surface area contributed by atoms with Crippen LogP contribution in [0.5, 0.6) is 0 Å². The number of hydrogen-bond donors (Lipinski definition) is 13. The summed E-state index contributed by atoms with van der Waals surface area (Å²) in [6, 6.07) is 64.8. The van der Waals surface area contributed by atoms with Crippen molar-refractivity contribution in [3.8, 4) is 0 Å². The van der Waals surface area contributed by atoms with Gasteiger partial charge >= 0.3 is 17.9 Å². The molecule has 8 aromatic carbocycles. The lowest BCUT2D eigenvalue weighted by Crippen LogP contribution is -2.41. The molecule has 13 N–H and O–H groups in total. The average molecular weight is 1590 g/mol. The van der Waals surface area contributed by atoms with Crippen LogP contribution in [0.3, 0.4) is 0 Å². The molecule has 1 spiro atoms. The Hall–Kier alpha value is -12.7. The number of carbonyl (C=O) groups excluding carboxylic acids is 3. The predicted molar refractivity (Wildman–Crippen MR) is 462 cm³/mol. The number of ketones is 3. The maximum atomic E-state index is 11.7. The van der Waals surface area contributed by atoms with Crippen LogP contribution >= 0.6 is 0 Å². The summed E-state index contributed by atoms with van der Waals surface area (Å²) in [5.74, 6) is -2.00. The number of H-pyrrole nitrogens is 8. The number of rotatable bonds is 3. The number of hydrogen-bond acceptors (Lipinski definition) is 10. The number of aliphatic carboxylic acids is 3. The second kappa shape index (κ2) is 33.4. The third-order valence-electron chi connectivity index (χ3n) is 25.2. The van der Waals surface area contributed by atoms with Crippen molar-refractivity contribution in [3.05, 3.63) is 284 Å². The number of carbonyl (C=O) groups is 6. The monoisotopic (exact) mass is 1590 g/mol. The number of fused-ring (bicyclic) bond motifs is 24. The third-order valence-corrected chi connectivity index (χ3v) is 25.2. The molecule has 10 heterocycles. The first-order valence-electron chi connectivity index (χ1n) is 41.7. The lowest BCUT2D eigenvalue weighted by molar-refractivity contribution is -0.163. The molecule has 0 saturated carbocycles. The molecule has 1 fully saturated rings. The maximum absolute atomic E-state index is 11.7. The van der Waals surface area contributed by atoms with E-state index < -0.39 is 23.9 Å². The van der Waals surface area contributed by atoms with Gasteiger partial charge in [0.05, 0.1) is 31.2 Å². The smallest absolute Gasteiger partial charge is 0.321 e. The average Bonchev–Trinajstić information content (AvgIpc) is 1.67. The van der Waals surface area contributed by atoms with Crippen LogP contribution in [-0.2, 0) is 119 Å². The lowest BCUT2D eigenvalue weighted by atomic mass is 9.87. The topological polar surface area (TPSA) is 340 Å². The Bertz CT molecular complexity index is 6560. The zero-order chi connectivity index (χ0) is 81.4. The Labute approximate surface area is 684 Å². The first kappa shape index (κ1) is 77.6. The van der Waals surface area contributed by atoms with Gasteiger partial charge in [0.1, 0.15) is 11.8 Å². The number of nitrogens with one attached hydrogen (secondary N) is 9. The van der Waals surface area contributed by atoms with Crippen LogP contribution in [0.25, 0.3) is 87.2 Å². The fraction of sp³-hybridized carbons (Fsp3) is 0.286. The van der Waals surface area contributed by atoms with E-state index in [0.717, 1.165) is 185 Å². The van der Waals surface area contributed by atoms with Crippen molar-refractivity contribution in [2.45, 2.75) is 153 Å². The van der Waals surface area contributed by atoms with Gasteiger partial charge in [-0.25, -0.2) is 0 Å². The number of aliphatic hydroxyl groups is 1. The number of aryl methyl sites for hydroxylation is 6. The van der Waals surface area contributed by atoms with Crippen molar-refractivity contribution in [3.63, 3.8) is 0 Å². The molecule has 4 unspecified atom stereocenters. The number of carboxylic acids is 3. The molecule has 2 aliphatic heterocycles. The minimum atomic E-state index is -0.782. The van der Waals surface area contributed by atoms with Crippen LogP contribution in [0.2, 0.25) is 0 Å². The third kappa shape index (κ3) is 15.9. The summed E-state index contributed by atoms with van der Waals surface area (Å²) in [6.07, 6.45) is 15.9. The predicted octanol–water partition coefficient (Wildman–Crippen LogP) is 17.2. The highest BCUT2D eigenvalue weighted by Crippen LogP contribution is 2.41. The number of ether oxygens (including phenoxy) is 2. The Kier molecular flexibility index (Phi) is 21.8. The summed E-state index contributed by atoms with van der Waals surface area (Å²) >= 11 is 0. The Morgan fingerprint density at radius 3 is 1.26 bits per heavy atom. The highest BCUT2D eigenvalue weighted by molar-refractivity contribution is 6.12. The Morgan fingerprint density at radius 2 is 0.731 bits per heavy atom. The van der Waals surface area contributed by atoms with Crippen LogP contribution in [0.1, 0.15) is 145 Å². The van der Waals surface area contributed by atoms with E-state index >= 15 is 0 Å². The summed E-state index contributed by atoms with van der Waals surface area (Å²) in [5.41, 5.74) is 28.0. The van der Waals surface area contributed by atoms with Crippen molar-refractivity contribution in [2.24, 2.45) is 11.8 Å². The van der Waals surface area contributed by atoms with Crippen molar-refractivity contribution in [1.82, 2.24) is 45.2 Å². The number of aliphatic hydroxyl groups excluding tert-OH is 1. The molecule has 4 atom stereocenters. The van der Waals surface area contributed by atoms with Crippen LogP contribution in [0.15, 0.2) is 194 Å². The number of carboxylic acid groups (broad SMARTS) is 3. The molecule has 7 aliphatic carbocycles. The van der Waals surface area contributed by atoms with Crippen LogP contribution in [-0.4, -0.2) is 127 Å². The highest BCUT2D eigenvalue weighted by atomic mass is 16.7. The van der Waals surface area contributed by atoms with Gasteiger partial charge in [-0.3, -0.25) is 34.1 Å². The summed E-state index contributed by atoms with van der Waals surface area (Å²) < 4.78 is 11.6. The van der Waals surface area contributed by atoms with Gasteiger partial charge in [-0.05, 0) is 146 Å². The van der Waals surface area contributed by atoms with E-state index in [1.807, 2.05) is 127 Å². The van der Waals surface area contributed by atoms with E-state index in [1.54, 1.807) is 0 Å². The van der Waals surface area contributed by atoms with Crippen molar-refractivity contribution >= 4 is 122 Å². The van der Waals surface area contributed by atoms with E-state index in [0.29, 0.717) is 69.5 Å². The van der Waals surface area contributed by atoms with E-state index in [9.17, 15) is 33.9 Å². The maximum Gasteiger partial charge on any atom is 0.321 e. The Morgan fingerprint density at radius 1 is 0.336 bits per heavy atom. The number of benzene rings is 8. The fourth-order valence-electron chi connectivity index (χ4n) is 19.3. The quantitative estimate of drug-likeness (QED) is 0.0783. The van der Waals surface area contributed by atoms with Crippen LogP contribution < -0.4 is 5.32 Å². The number of aromatic amines is 8. The van der Waals surface area contributed by atoms with Crippen molar-refractivity contribution in [1.29, 1.82) is 0 Å². The SMILES string of the molecule is O=C(O)C1CCc2c([nH]c3ccccc23)C1.O=C(O)C1Cc2[nH]c3ccccc3c2C1.O=C(O)C1Cc2c([nH]c3ccccc23)CN1.O=C1CCCc2[nH]c3ccccc3c21.O=C1CCc2[nH]c3ccccc3c21.O=C1CCc2[nH]c3ccccc3c2C1.OC1CCc2[nH]c3ccccc3c2C1.c1ccc2c3c([nH]c2c1)CCC1(C3)OCCO1. The standard InChI is InChI=1S/C14H15NO2.C13H13NO2.C12H12N2O2.C12H11NO2.C12H11NO.C12H13NO.C12H11NO.C11H9NO/c1-2-4-12-10(3-1)11-9-14(16-7-8-17-14)6-5-13(11)15-12;15-13(16)8-5-6-10-9-3-1-2-4-11(9)14-12(10)7-8;15-12(16)10-5-8-7-3-1-2-4-9(7)14-11(8)6-13-10;14-12(15)7-5-9-8-3-1-2-4-10(8)13-11(9)6-7;14-11-7-3-6-10-12(11)8-4-1-2-5-9(8)13-10;2*14-8-5-6-12-10(7-8)9-3-1-2-4-11(9)13-12;13-10-6-5-9-11(10)7-3-1-2-4-8(7)12-9/h1-4,15H,5-9H2;1-4,8,14H,5-7H2,(H,15,16);1-4,10,13-14H,5-6H2,(H,15,16);1-4,7,13H,5-6H2,(H,14,15);1-2,4-5,13H,3,6-7H2;1-4,8,13-14H,5-7H2;1-4,13H,5-7H2;1-4,12H,5-6H2. The van der Waals surface area contributed by atoms with Gasteiger partial charge in [-0.2, -0.15) is 0 Å². The van der Waals surface area contributed by atoms with E-state index in [-0.39, 0.29) is 29.5 Å². The molecule has 16 aromatic rings. The fourth-order valence-corrected chi connectivity index (χ4v) is 19.3. The molecule has 1 saturated heterocycles. The molecule has 21 nitrogen and oxygen atoms in total. The molecular weight excluding hydrogens is 1500 g/mol. The number of aromatic nitrogens is 8. The first-order valence-corrected chi connectivity index (χ1v) is 41.7. The van der Waals surface area contributed by atoms with E-state index in [1.165, 1.54) is 82.9 Å². The largest absolute Gasteiger partial charge is 0.481 e. The molecule has 604 valence electrons. The molecule has 119 heavy (non-hydrogen) atoms. The summed E-state index contributed by atoms with van der Waals surface area (Å²) in [7, 11) is 0. The molecule has 8 aromatic heterocycles. The minimum absolute atomic E-state index is 0.151. The zero-order valence-electron chi connectivity index (χ0n) is 66.1. The summed E-state index contributed by atoms with van der Waals surface area (Å²) in [4.78, 5) is 94.3. The van der Waals surface area contributed by atoms with Crippen molar-refractivity contribution in [2.75, 3.05) is 13.2 Å². The summed E-state index contributed by atoms with van der Waals surface area (Å²) in [5, 5.41) is 49.2. The van der Waals surface area contributed by atoms with Gasteiger partial charge < -0.3 is 69.8 Å². The molecule has 9 aliphatic rings. The van der Waals surface area contributed by atoms with Crippen LogP contribution in [0.4, 0.5) is 0 Å². The van der Waals surface area contributed by atoms with Gasteiger partial charge in [-0.1, -0.05) is 146 Å². The van der Waals surface area contributed by atoms with E-state index in [4.69, 9.17) is 24.8 Å². The molecule has 21 heteroatoms. The van der Waals surface area contributed by atoms with Gasteiger partial charge in [-0.15, -0.1) is 0 Å².